The van der Waals surface area contributed by atoms with Crippen LogP contribution in [0.4, 0.5) is 11.8 Å². The molecule has 0 fully saturated rings. The number of aromatic nitrogens is 2. The molecule has 0 aliphatic heterocycles. The summed E-state index contributed by atoms with van der Waals surface area (Å²) in [5.41, 5.74) is 15.4. The molecule has 1 aromatic heterocycles. The Balaban J connectivity index is 2.38. The van der Waals surface area contributed by atoms with E-state index in [2.05, 4.69) is 67.7 Å². The lowest BCUT2D eigenvalue weighted by Crippen LogP contribution is -2.22. The van der Waals surface area contributed by atoms with Crippen LogP contribution in [0.2, 0.25) is 0 Å². The lowest BCUT2D eigenvalue weighted by molar-refractivity contribution is 0.353. The maximum absolute atomic E-state index is 5.96. The highest BCUT2D eigenvalue weighted by molar-refractivity contribution is 5.56. The van der Waals surface area contributed by atoms with Crippen LogP contribution in [-0.4, -0.2) is 17.1 Å². The fourth-order valence-electron chi connectivity index (χ4n) is 4.01. The van der Waals surface area contributed by atoms with E-state index in [0.717, 1.165) is 37.0 Å². The van der Waals surface area contributed by atoms with Crippen molar-refractivity contribution in [3.05, 3.63) is 40.6 Å². The van der Waals surface area contributed by atoms with Crippen LogP contribution in [0.3, 0.4) is 0 Å². The van der Waals surface area contributed by atoms with Gasteiger partial charge in [-0.05, 0) is 43.7 Å². The minimum Gasteiger partial charge on any atom is -0.496 e. The second-order valence-corrected chi connectivity index (χ2v) is 7.94. The molecule has 0 bridgehead atoms. The van der Waals surface area contributed by atoms with Crippen molar-refractivity contribution in [1.82, 2.24) is 9.97 Å². The van der Waals surface area contributed by atoms with Crippen LogP contribution in [-0.2, 0) is 5.41 Å². The number of aryl methyl sites for hydroxylation is 1. The van der Waals surface area contributed by atoms with Gasteiger partial charge in [-0.2, -0.15) is 4.98 Å². The van der Waals surface area contributed by atoms with Crippen LogP contribution in [0.1, 0.15) is 81.7 Å². The minimum absolute atomic E-state index is 0.0120. The van der Waals surface area contributed by atoms with Gasteiger partial charge in [0, 0.05) is 11.5 Å². The number of nitrogens with zero attached hydrogens (tertiary/aromatic N) is 2. The van der Waals surface area contributed by atoms with Crippen molar-refractivity contribution in [3.8, 4) is 17.6 Å². The monoisotopic (exact) mass is 394 g/mol. The Hall–Kier alpha value is -2.74. The van der Waals surface area contributed by atoms with Crippen molar-refractivity contribution in [2.45, 2.75) is 71.6 Å². The van der Waals surface area contributed by atoms with Crippen molar-refractivity contribution in [2.24, 2.45) is 0 Å². The number of anilines is 2. The summed E-state index contributed by atoms with van der Waals surface area (Å²) in [6, 6.07) is 6.49. The second kappa shape index (κ2) is 9.65. The first kappa shape index (κ1) is 22.5. The molecule has 2 rings (SSSR count). The number of nitrogen functional groups attached to an aromatic ring is 2. The van der Waals surface area contributed by atoms with Crippen molar-refractivity contribution in [1.29, 1.82) is 0 Å². The molecule has 0 radical (unpaired) electrons. The van der Waals surface area contributed by atoms with Crippen molar-refractivity contribution >= 4 is 11.8 Å². The standard InChI is InChI=1S/C24H34N4O/c1-7-13-24(5,14-8-2)20-12-10-18(15-21(20)29-6)16(3)9-11-19-17(4)27-23(26)28-22(19)25/h10,12,15-16H,7-8,13-14H2,1-6H3,(H4,25,26,27,28). The summed E-state index contributed by atoms with van der Waals surface area (Å²) < 4.78 is 5.79. The van der Waals surface area contributed by atoms with E-state index in [1.807, 2.05) is 6.92 Å². The summed E-state index contributed by atoms with van der Waals surface area (Å²) in [6.45, 7) is 10.7. The van der Waals surface area contributed by atoms with Crippen LogP contribution in [0.15, 0.2) is 18.2 Å². The van der Waals surface area contributed by atoms with Crippen molar-refractivity contribution in [3.63, 3.8) is 0 Å². The number of rotatable bonds is 7. The van der Waals surface area contributed by atoms with Gasteiger partial charge in [0.1, 0.15) is 11.6 Å². The zero-order chi connectivity index (χ0) is 21.6. The Bertz CT molecular complexity index is 882. The quantitative estimate of drug-likeness (QED) is 0.647. The van der Waals surface area contributed by atoms with Gasteiger partial charge < -0.3 is 16.2 Å². The van der Waals surface area contributed by atoms with E-state index >= 15 is 0 Å². The predicted molar refractivity (Wildman–Crippen MR) is 121 cm³/mol. The van der Waals surface area contributed by atoms with E-state index < -0.39 is 0 Å². The van der Waals surface area contributed by atoms with Crippen LogP contribution < -0.4 is 16.2 Å². The van der Waals surface area contributed by atoms with Gasteiger partial charge in [-0.15, -0.1) is 0 Å². The summed E-state index contributed by atoms with van der Waals surface area (Å²) in [5, 5.41) is 0. The van der Waals surface area contributed by atoms with Crippen molar-refractivity contribution < 1.29 is 4.74 Å². The van der Waals surface area contributed by atoms with E-state index in [4.69, 9.17) is 16.2 Å². The SMILES string of the molecule is CCCC(C)(CCC)c1ccc(C(C)C#Cc2c(C)nc(N)nc2N)cc1OC. The highest BCUT2D eigenvalue weighted by Crippen LogP contribution is 2.40. The van der Waals surface area contributed by atoms with Gasteiger partial charge in [0.25, 0.3) is 0 Å². The van der Waals surface area contributed by atoms with Gasteiger partial charge in [0.05, 0.1) is 18.4 Å². The summed E-state index contributed by atoms with van der Waals surface area (Å²) in [5.74, 6) is 7.84. The van der Waals surface area contributed by atoms with E-state index in [1.165, 1.54) is 5.56 Å². The highest BCUT2D eigenvalue weighted by atomic mass is 16.5. The number of hydrogen-bond acceptors (Lipinski definition) is 5. The van der Waals surface area contributed by atoms with Crippen LogP contribution in [0.5, 0.6) is 5.75 Å². The number of hydrogen-bond donors (Lipinski definition) is 2. The third-order valence-corrected chi connectivity index (χ3v) is 5.53. The Morgan fingerprint density at radius 2 is 1.79 bits per heavy atom. The summed E-state index contributed by atoms with van der Waals surface area (Å²) in [6.07, 6.45) is 4.57. The van der Waals surface area contributed by atoms with Crippen LogP contribution >= 0.6 is 0 Å². The lowest BCUT2D eigenvalue weighted by atomic mass is 9.74. The second-order valence-electron chi connectivity index (χ2n) is 7.94. The van der Waals surface area contributed by atoms with E-state index in [-0.39, 0.29) is 17.3 Å². The van der Waals surface area contributed by atoms with Gasteiger partial charge in [-0.3, -0.25) is 0 Å². The number of benzene rings is 1. The van der Waals surface area contributed by atoms with Crippen LogP contribution in [0, 0.1) is 18.8 Å². The largest absolute Gasteiger partial charge is 0.496 e. The lowest BCUT2D eigenvalue weighted by Gasteiger charge is -2.31. The number of methoxy groups -OCH3 is 1. The molecule has 0 amide bonds. The molecule has 4 N–H and O–H groups in total. The molecule has 5 nitrogen and oxygen atoms in total. The zero-order valence-corrected chi connectivity index (χ0v) is 18.6. The Kier molecular flexibility index (Phi) is 7.50. The zero-order valence-electron chi connectivity index (χ0n) is 18.6. The third-order valence-electron chi connectivity index (χ3n) is 5.53. The predicted octanol–water partition coefficient (Wildman–Crippen LogP) is 4.97. The molecule has 1 heterocycles. The molecule has 0 spiro atoms. The smallest absolute Gasteiger partial charge is 0.222 e. The topological polar surface area (TPSA) is 87.0 Å². The number of ether oxygens (including phenoxy) is 1. The molecule has 156 valence electrons. The fraction of sp³-hybridized carbons (Fsp3) is 0.500. The first-order chi connectivity index (χ1) is 13.8. The molecule has 1 atom stereocenters. The first-order valence-electron chi connectivity index (χ1n) is 10.3. The average Bonchev–Trinajstić information content (AvgIpc) is 2.66. The van der Waals surface area contributed by atoms with Gasteiger partial charge in [0.15, 0.2) is 0 Å². The van der Waals surface area contributed by atoms with Crippen molar-refractivity contribution in [2.75, 3.05) is 18.6 Å². The molecule has 0 aliphatic rings. The molecule has 0 saturated carbocycles. The molecule has 1 unspecified atom stereocenters. The normalized spacial score (nSPS) is 12.2. The highest BCUT2D eigenvalue weighted by Gasteiger charge is 2.28. The van der Waals surface area contributed by atoms with Gasteiger partial charge in [-0.25, -0.2) is 4.98 Å². The van der Waals surface area contributed by atoms with Gasteiger partial charge >= 0.3 is 0 Å². The first-order valence-corrected chi connectivity index (χ1v) is 10.3. The van der Waals surface area contributed by atoms with Gasteiger partial charge in [-0.1, -0.05) is 57.6 Å². The summed E-state index contributed by atoms with van der Waals surface area (Å²) in [4.78, 5) is 8.16. The number of nitrogens with two attached hydrogens (primary N) is 2. The molecule has 1 aromatic carbocycles. The Labute approximate surface area is 175 Å². The van der Waals surface area contributed by atoms with E-state index in [9.17, 15) is 0 Å². The molecule has 0 saturated heterocycles. The minimum atomic E-state index is 0.0120. The molecule has 2 aromatic rings. The molecular formula is C24H34N4O. The fourth-order valence-corrected chi connectivity index (χ4v) is 4.01. The Morgan fingerprint density at radius 1 is 1.14 bits per heavy atom. The van der Waals surface area contributed by atoms with Crippen LogP contribution in [0.25, 0.3) is 0 Å². The molecule has 5 heteroatoms. The van der Waals surface area contributed by atoms with E-state index in [0.29, 0.717) is 17.1 Å². The average molecular weight is 395 g/mol. The third kappa shape index (κ3) is 5.20. The summed E-state index contributed by atoms with van der Waals surface area (Å²) >= 11 is 0. The molecule has 29 heavy (non-hydrogen) atoms. The van der Waals surface area contributed by atoms with Gasteiger partial charge in [0.2, 0.25) is 5.95 Å². The van der Waals surface area contributed by atoms with E-state index in [1.54, 1.807) is 7.11 Å². The molecular weight excluding hydrogens is 360 g/mol. The molecule has 0 aliphatic carbocycles. The Morgan fingerprint density at radius 3 is 2.34 bits per heavy atom. The maximum Gasteiger partial charge on any atom is 0.222 e. The summed E-state index contributed by atoms with van der Waals surface area (Å²) in [7, 11) is 1.74. The maximum atomic E-state index is 5.96.